The minimum absolute atomic E-state index is 0.127. The Kier molecular flexibility index (Phi) is 8.88. The van der Waals surface area contributed by atoms with Crippen LogP contribution in [0.2, 0.25) is 0 Å². The number of Topliss-reactive ketones (excluding diaryl/α,β-unsaturated/α-hetero) is 2. The van der Waals surface area contributed by atoms with Gasteiger partial charge in [0, 0.05) is 12.8 Å². The molecule has 0 spiro atoms. The Hall–Kier alpha value is -4.08. The molecule has 0 aliphatic rings. The molecule has 3 rings (SSSR count). The van der Waals surface area contributed by atoms with Gasteiger partial charge in [-0.25, -0.2) is 15.5 Å². The second kappa shape index (κ2) is 12.1. The number of carboxylic acids is 1. The van der Waals surface area contributed by atoms with Crippen LogP contribution < -0.4 is 11.2 Å². The molecule has 9 nitrogen and oxygen atoms in total. The Balaban J connectivity index is 1.83. The fourth-order valence-corrected chi connectivity index (χ4v) is 4.03. The quantitative estimate of drug-likeness (QED) is 0.258. The van der Waals surface area contributed by atoms with Crippen LogP contribution in [0.3, 0.4) is 0 Å². The summed E-state index contributed by atoms with van der Waals surface area (Å²) in [5.74, 6) is 1.86. The highest BCUT2D eigenvalue weighted by Crippen LogP contribution is 2.25. The van der Waals surface area contributed by atoms with Crippen LogP contribution in [-0.4, -0.2) is 40.4 Å². The number of ether oxygens (including phenoxy) is 1. The lowest BCUT2D eigenvalue weighted by Gasteiger charge is -2.33. The lowest BCUT2D eigenvalue weighted by atomic mass is 9.83. The smallest absolute Gasteiger partial charge is 0.408 e. The number of carbonyl (C=O) groups is 4. The van der Waals surface area contributed by atoms with Crippen molar-refractivity contribution in [2.24, 2.45) is 5.90 Å². The van der Waals surface area contributed by atoms with E-state index < -0.39 is 35.3 Å². The van der Waals surface area contributed by atoms with Gasteiger partial charge in [-0.3, -0.25) is 14.4 Å². The molecule has 0 bridgehead atoms. The molecule has 188 valence electrons. The Bertz CT molecular complexity index is 1240. The van der Waals surface area contributed by atoms with Gasteiger partial charge in [0.15, 0.2) is 11.6 Å². The zero-order valence-electron chi connectivity index (χ0n) is 19.8. The third kappa shape index (κ3) is 5.76. The first-order chi connectivity index (χ1) is 17.3. The van der Waals surface area contributed by atoms with Gasteiger partial charge in [-0.2, -0.15) is 0 Å². The minimum atomic E-state index is -2.83. The first-order valence-electron chi connectivity index (χ1n) is 11.4. The zero-order valence-corrected chi connectivity index (χ0v) is 19.8. The molecule has 0 radical (unpaired) electrons. The summed E-state index contributed by atoms with van der Waals surface area (Å²) in [5.41, 5.74) is -1.34. The highest BCUT2D eigenvalue weighted by atomic mass is 16.7. The largest absolute Gasteiger partial charge is 0.479 e. The average molecular weight is 493 g/mol. The van der Waals surface area contributed by atoms with Crippen LogP contribution in [0.1, 0.15) is 30.9 Å². The summed E-state index contributed by atoms with van der Waals surface area (Å²) in [6, 6.07) is 20.0. The van der Waals surface area contributed by atoms with Gasteiger partial charge in [0.05, 0.1) is 0 Å². The summed E-state index contributed by atoms with van der Waals surface area (Å²) < 4.78 is 5.13. The van der Waals surface area contributed by atoms with E-state index in [2.05, 4.69) is 5.32 Å². The van der Waals surface area contributed by atoms with Crippen LogP contribution >= 0.6 is 0 Å². The molecule has 1 amide bonds. The predicted molar refractivity (Wildman–Crippen MR) is 132 cm³/mol. The first-order valence-corrected chi connectivity index (χ1v) is 11.4. The van der Waals surface area contributed by atoms with Gasteiger partial charge in [0.25, 0.3) is 5.60 Å². The maximum Gasteiger partial charge on any atom is 0.408 e. The van der Waals surface area contributed by atoms with Gasteiger partial charge in [-0.05, 0) is 28.3 Å². The second-order valence-corrected chi connectivity index (χ2v) is 8.18. The molecule has 9 heteroatoms. The molecule has 0 fully saturated rings. The Morgan fingerprint density at radius 2 is 1.64 bits per heavy atom. The molecule has 36 heavy (non-hydrogen) atoms. The van der Waals surface area contributed by atoms with Crippen LogP contribution in [0.25, 0.3) is 10.8 Å². The van der Waals surface area contributed by atoms with E-state index in [0.29, 0.717) is 5.56 Å². The standard InChI is InChI=1S/C27H28N2O7/c1-2-22(30)24(29-26(34)35-17-18-9-4-3-5-10-18)27(36-28,25(32)33)23(31)16-15-20-13-8-12-19-11-6-7-14-21(19)20/h3-14,24H,2,15-17,28H2,1H3,(H,29,34)(H,32,33). The molecule has 0 heterocycles. The van der Waals surface area contributed by atoms with Crippen molar-refractivity contribution in [3.05, 3.63) is 83.9 Å². The Labute approximate surface area is 208 Å². The van der Waals surface area contributed by atoms with Crippen LogP contribution in [0, 0.1) is 0 Å². The van der Waals surface area contributed by atoms with Crippen molar-refractivity contribution in [1.82, 2.24) is 5.32 Å². The molecule has 3 aromatic rings. The number of nitrogens with one attached hydrogen (secondary N) is 1. The number of carboxylic acid groups (broad SMARTS) is 1. The molecular formula is C27H28N2O7. The summed E-state index contributed by atoms with van der Waals surface area (Å²) in [4.78, 5) is 55.7. The van der Waals surface area contributed by atoms with Gasteiger partial charge < -0.3 is 15.2 Å². The van der Waals surface area contributed by atoms with Crippen molar-refractivity contribution in [3.63, 3.8) is 0 Å². The molecule has 2 unspecified atom stereocenters. The minimum Gasteiger partial charge on any atom is -0.479 e. The SMILES string of the molecule is CCC(=O)C(NC(=O)OCc1ccccc1)C(ON)(C(=O)O)C(=O)CCc1cccc2ccccc12. The summed E-state index contributed by atoms with van der Waals surface area (Å²) >= 11 is 0. The molecule has 0 aliphatic heterocycles. The number of aryl methyl sites for hydroxylation is 1. The van der Waals surface area contributed by atoms with Crippen molar-refractivity contribution in [2.45, 2.75) is 44.4 Å². The first kappa shape index (κ1) is 26.5. The van der Waals surface area contributed by atoms with Gasteiger partial charge >= 0.3 is 12.1 Å². The molecule has 2 atom stereocenters. The van der Waals surface area contributed by atoms with E-state index in [-0.39, 0.29) is 25.9 Å². The number of amides is 1. The predicted octanol–water partition coefficient (Wildman–Crippen LogP) is 3.33. The number of hydrogen-bond donors (Lipinski definition) is 3. The number of hydrogen-bond acceptors (Lipinski definition) is 7. The van der Waals surface area contributed by atoms with Crippen LogP contribution in [-0.2, 0) is 37.0 Å². The molecular weight excluding hydrogens is 464 g/mol. The number of fused-ring (bicyclic) bond motifs is 1. The van der Waals surface area contributed by atoms with Crippen molar-refractivity contribution in [3.8, 4) is 0 Å². The third-order valence-corrected chi connectivity index (χ3v) is 5.97. The van der Waals surface area contributed by atoms with Crippen LogP contribution in [0.4, 0.5) is 4.79 Å². The van der Waals surface area contributed by atoms with E-state index in [0.717, 1.165) is 16.3 Å². The van der Waals surface area contributed by atoms with Gasteiger partial charge in [-0.15, -0.1) is 0 Å². The summed E-state index contributed by atoms with van der Waals surface area (Å²) in [5, 5.41) is 14.1. The average Bonchev–Trinajstić information content (AvgIpc) is 2.90. The Morgan fingerprint density at radius 1 is 0.972 bits per heavy atom. The highest BCUT2D eigenvalue weighted by molar-refractivity contribution is 6.13. The highest BCUT2D eigenvalue weighted by Gasteiger charge is 2.57. The van der Waals surface area contributed by atoms with Crippen molar-refractivity contribution >= 4 is 34.4 Å². The van der Waals surface area contributed by atoms with Gasteiger partial charge in [-0.1, -0.05) is 79.7 Å². The fraction of sp³-hybridized carbons (Fsp3) is 0.259. The number of ketones is 2. The van der Waals surface area contributed by atoms with E-state index in [1.54, 1.807) is 30.3 Å². The summed E-state index contributed by atoms with van der Waals surface area (Å²) in [6.45, 7) is 1.34. The summed E-state index contributed by atoms with van der Waals surface area (Å²) in [6.07, 6.45) is -1.40. The van der Waals surface area contributed by atoms with Crippen molar-refractivity contribution in [2.75, 3.05) is 0 Å². The number of alkyl carbamates (subject to hydrolysis) is 1. The monoisotopic (exact) mass is 492 g/mol. The van der Waals surface area contributed by atoms with Crippen molar-refractivity contribution in [1.29, 1.82) is 0 Å². The van der Waals surface area contributed by atoms with E-state index in [9.17, 15) is 24.3 Å². The number of nitrogens with two attached hydrogens (primary N) is 1. The van der Waals surface area contributed by atoms with Gasteiger partial charge in [0.2, 0.25) is 0 Å². The topological polar surface area (TPSA) is 145 Å². The Morgan fingerprint density at radius 3 is 2.31 bits per heavy atom. The van der Waals surface area contributed by atoms with Crippen LogP contribution in [0.15, 0.2) is 72.8 Å². The van der Waals surface area contributed by atoms with E-state index in [1.165, 1.54) is 6.92 Å². The van der Waals surface area contributed by atoms with Crippen molar-refractivity contribution < 1.29 is 33.9 Å². The molecule has 4 N–H and O–H groups in total. The number of benzene rings is 3. The fourth-order valence-electron chi connectivity index (χ4n) is 4.03. The van der Waals surface area contributed by atoms with Crippen LogP contribution in [0.5, 0.6) is 0 Å². The van der Waals surface area contributed by atoms with E-state index in [4.69, 9.17) is 15.5 Å². The number of rotatable bonds is 12. The maximum absolute atomic E-state index is 13.3. The molecule has 0 saturated carbocycles. The zero-order chi connectivity index (χ0) is 26.1. The number of aliphatic carboxylic acids is 1. The van der Waals surface area contributed by atoms with Gasteiger partial charge in [0.1, 0.15) is 12.6 Å². The molecule has 0 aliphatic carbocycles. The van der Waals surface area contributed by atoms with E-state index in [1.807, 2.05) is 42.5 Å². The summed E-state index contributed by atoms with van der Waals surface area (Å²) in [7, 11) is 0. The molecule has 0 aromatic heterocycles. The lowest BCUT2D eigenvalue weighted by molar-refractivity contribution is -0.179. The maximum atomic E-state index is 13.3. The number of carbonyl (C=O) groups excluding carboxylic acids is 3. The lowest BCUT2D eigenvalue weighted by Crippen LogP contribution is -2.67. The molecule has 3 aromatic carbocycles. The second-order valence-electron chi connectivity index (χ2n) is 8.18. The third-order valence-electron chi connectivity index (χ3n) is 5.97. The molecule has 0 saturated heterocycles. The van der Waals surface area contributed by atoms with E-state index >= 15 is 0 Å². The normalized spacial score (nSPS) is 13.4.